The van der Waals surface area contributed by atoms with Gasteiger partial charge in [0.2, 0.25) is 0 Å². The summed E-state index contributed by atoms with van der Waals surface area (Å²) < 4.78 is 25.9. The van der Waals surface area contributed by atoms with Gasteiger partial charge in [0.05, 0.1) is 0 Å². The van der Waals surface area contributed by atoms with Crippen LogP contribution in [0.15, 0.2) is 18.2 Å². The van der Waals surface area contributed by atoms with Gasteiger partial charge in [-0.1, -0.05) is 6.07 Å². The van der Waals surface area contributed by atoms with E-state index in [1.807, 2.05) is 0 Å². The van der Waals surface area contributed by atoms with Crippen LogP contribution in [0.4, 0.5) is 8.78 Å². The van der Waals surface area contributed by atoms with Crippen LogP contribution in [-0.4, -0.2) is 12.6 Å². The number of nitrogens with one attached hydrogen (secondary N) is 1. The molecule has 1 aromatic carbocycles. The van der Waals surface area contributed by atoms with Crippen LogP contribution in [0.3, 0.4) is 0 Å². The standard InChI is InChI=1S/C14H17F2N/c15-12-4-1-10(7-13(12)16)8-14(5-6-14)9-17-11-2-3-11/h1,4,7,11,17H,2-3,5-6,8-9H2. The highest BCUT2D eigenvalue weighted by molar-refractivity contribution is 5.21. The summed E-state index contributed by atoms with van der Waals surface area (Å²) in [6.45, 7) is 1.02. The van der Waals surface area contributed by atoms with Crippen molar-refractivity contribution in [3.05, 3.63) is 35.4 Å². The van der Waals surface area contributed by atoms with Crippen LogP contribution in [0.5, 0.6) is 0 Å². The first-order valence-corrected chi connectivity index (χ1v) is 6.34. The third-order valence-corrected chi connectivity index (χ3v) is 3.86. The van der Waals surface area contributed by atoms with Crippen LogP contribution in [0.1, 0.15) is 31.2 Å². The lowest BCUT2D eigenvalue weighted by atomic mass is 9.96. The zero-order valence-electron chi connectivity index (χ0n) is 9.81. The molecule has 0 atom stereocenters. The van der Waals surface area contributed by atoms with E-state index in [1.54, 1.807) is 6.07 Å². The SMILES string of the molecule is Fc1ccc(CC2(CNC3CC3)CC2)cc1F. The predicted molar refractivity (Wildman–Crippen MR) is 62.8 cm³/mol. The van der Waals surface area contributed by atoms with Crippen LogP contribution in [0.2, 0.25) is 0 Å². The maximum Gasteiger partial charge on any atom is 0.159 e. The minimum absolute atomic E-state index is 0.312. The van der Waals surface area contributed by atoms with Crippen molar-refractivity contribution in [2.24, 2.45) is 5.41 Å². The van der Waals surface area contributed by atoms with Crippen LogP contribution in [0, 0.1) is 17.0 Å². The van der Waals surface area contributed by atoms with Crippen LogP contribution in [-0.2, 0) is 6.42 Å². The molecule has 1 nitrogen and oxygen atoms in total. The molecule has 0 amide bonds. The average Bonchev–Trinajstić information content (AvgIpc) is 3.17. The fourth-order valence-electron chi connectivity index (χ4n) is 2.32. The van der Waals surface area contributed by atoms with E-state index in [4.69, 9.17) is 0 Å². The number of benzene rings is 1. The molecule has 2 saturated carbocycles. The van der Waals surface area contributed by atoms with Gasteiger partial charge in [-0.2, -0.15) is 0 Å². The molecule has 1 N–H and O–H groups in total. The first-order valence-electron chi connectivity index (χ1n) is 6.34. The predicted octanol–water partition coefficient (Wildman–Crippen LogP) is 3.04. The Morgan fingerprint density at radius 3 is 2.53 bits per heavy atom. The van der Waals surface area contributed by atoms with Crippen molar-refractivity contribution in [2.45, 2.75) is 38.1 Å². The normalized spacial score (nSPS) is 21.5. The number of rotatable bonds is 5. The van der Waals surface area contributed by atoms with E-state index < -0.39 is 11.6 Å². The molecule has 2 aliphatic carbocycles. The molecule has 0 unspecified atom stereocenters. The Kier molecular flexibility index (Phi) is 2.66. The van der Waals surface area contributed by atoms with E-state index in [-0.39, 0.29) is 0 Å². The van der Waals surface area contributed by atoms with Gasteiger partial charge < -0.3 is 5.32 Å². The topological polar surface area (TPSA) is 12.0 Å². The number of halogens is 2. The van der Waals surface area contributed by atoms with E-state index in [2.05, 4.69) is 5.32 Å². The van der Waals surface area contributed by atoms with Crippen molar-refractivity contribution < 1.29 is 8.78 Å². The lowest BCUT2D eigenvalue weighted by Crippen LogP contribution is -2.27. The van der Waals surface area contributed by atoms with E-state index in [1.165, 1.54) is 37.8 Å². The molecule has 1 aromatic rings. The summed E-state index contributed by atoms with van der Waals surface area (Å²) in [4.78, 5) is 0. The largest absolute Gasteiger partial charge is 0.313 e. The van der Waals surface area contributed by atoms with Gasteiger partial charge in [-0.05, 0) is 55.2 Å². The molecular formula is C14H17F2N. The van der Waals surface area contributed by atoms with Crippen molar-refractivity contribution in [2.75, 3.05) is 6.54 Å². The van der Waals surface area contributed by atoms with Gasteiger partial charge in [0, 0.05) is 12.6 Å². The Morgan fingerprint density at radius 1 is 1.18 bits per heavy atom. The van der Waals surface area contributed by atoms with Gasteiger partial charge in [-0.15, -0.1) is 0 Å². The Balaban J connectivity index is 1.62. The molecule has 0 aromatic heterocycles. The molecule has 17 heavy (non-hydrogen) atoms. The number of hydrogen-bond donors (Lipinski definition) is 1. The zero-order chi connectivity index (χ0) is 11.9. The molecule has 2 fully saturated rings. The molecular weight excluding hydrogens is 220 g/mol. The fourth-order valence-corrected chi connectivity index (χ4v) is 2.32. The summed E-state index contributed by atoms with van der Waals surface area (Å²) in [6, 6.07) is 4.99. The highest BCUT2D eigenvalue weighted by Gasteiger charge is 2.43. The second-order valence-corrected chi connectivity index (χ2v) is 5.58. The first-order chi connectivity index (χ1) is 8.17. The van der Waals surface area contributed by atoms with Gasteiger partial charge in [-0.25, -0.2) is 8.78 Å². The fraction of sp³-hybridized carbons (Fsp3) is 0.571. The molecule has 3 rings (SSSR count). The Labute approximate surface area is 100 Å². The van der Waals surface area contributed by atoms with Crippen molar-refractivity contribution in [3.8, 4) is 0 Å². The molecule has 0 aliphatic heterocycles. The molecule has 3 heteroatoms. The summed E-state index contributed by atoms with van der Waals surface area (Å²) in [5.41, 5.74) is 1.23. The lowest BCUT2D eigenvalue weighted by Gasteiger charge is -2.16. The first kappa shape index (κ1) is 11.1. The van der Waals surface area contributed by atoms with Crippen LogP contribution < -0.4 is 5.32 Å². The summed E-state index contributed by atoms with van der Waals surface area (Å²) in [7, 11) is 0. The van der Waals surface area contributed by atoms with Crippen LogP contribution in [0.25, 0.3) is 0 Å². The highest BCUT2D eigenvalue weighted by Crippen LogP contribution is 2.48. The monoisotopic (exact) mass is 237 g/mol. The average molecular weight is 237 g/mol. The van der Waals surface area contributed by atoms with Crippen molar-refractivity contribution in [1.29, 1.82) is 0 Å². The molecule has 0 radical (unpaired) electrons. The van der Waals surface area contributed by atoms with E-state index in [0.29, 0.717) is 5.41 Å². The minimum Gasteiger partial charge on any atom is -0.313 e. The second kappa shape index (κ2) is 4.05. The van der Waals surface area contributed by atoms with Gasteiger partial charge in [-0.3, -0.25) is 0 Å². The van der Waals surface area contributed by atoms with Gasteiger partial charge >= 0.3 is 0 Å². The van der Waals surface area contributed by atoms with Crippen molar-refractivity contribution >= 4 is 0 Å². The molecule has 2 aliphatic rings. The van der Waals surface area contributed by atoms with Gasteiger partial charge in [0.15, 0.2) is 11.6 Å². The van der Waals surface area contributed by atoms with E-state index >= 15 is 0 Å². The summed E-state index contributed by atoms with van der Waals surface area (Å²) >= 11 is 0. The van der Waals surface area contributed by atoms with Gasteiger partial charge in [0.25, 0.3) is 0 Å². The Bertz CT molecular complexity index is 422. The lowest BCUT2D eigenvalue weighted by molar-refractivity contribution is 0.450. The Hall–Kier alpha value is -0.960. The maximum atomic E-state index is 13.1. The van der Waals surface area contributed by atoms with Crippen molar-refractivity contribution in [3.63, 3.8) is 0 Å². The minimum atomic E-state index is -0.755. The molecule has 0 spiro atoms. The van der Waals surface area contributed by atoms with E-state index in [0.717, 1.165) is 24.6 Å². The summed E-state index contributed by atoms with van der Waals surface area (Å²) in [5, 5.41) is 3.54. The quantitative estimate of drug-likeness (QED) is 0.830. The number of hydrogen-bond acceptors (Lipinski definition) is 1. The second-order valence-electron chi connectivity index (χ2n) is 5.58. The molecule has 0 heterocycles. The summed E-state index contributed by atoms with van der Waals surface area (Å²) in [6.07, 6.45) is 5.85. The molecule has 0 bridgehead atoms. The smallest absolute Gasteiger partial charge is 0.159 e. The third kappa shape index (κ3) is 2.65. The zero-order valence-corrected chi connectivity index (χ0v) is 9.81. The maximum absolute atomic E-state index is 13.1. The third-order valence-electron chi connectivity index (χ3n) is 3.86. The molecule has 0 saturated heterocycles. The highest BCUT2D eigenvalue weighted by atomic mass is 19.2. The Morgan fingerprint density at radius 2 is 1.94 bits per heavy atom. The van der Waals surface area contributed by atoms with Crippen molar-refractivity contribution in [1.82, 2.24) is 5.32 Å². The van der Waals surface area contributed by atoms with E-state index in [9.17, 15) is 8.78 Å². The van der Waals surface area contributed by atoms with Crippen LogP contribution >= 0.6 is 0 Å². The molecule has 92 valence electrons. The van der Waals surface area contributed by atoms with Gasteiger partial charge in [0.1, 0.15) is 0 Å². The summed E-state index contributed by atoms with van der Waals surface area (Å²) in [5.74, 6) is -1.48.